The minimum absolute atomic E-state index is 0.401. The Morgan fingerprint density at radius 2 is 2.03 bits per heavy atom. The molecular weight excluding hydrogens is 366 g/mol. The van der Waals surface area contributed by atoms with Crippen LogP contribution in [-0.2, 0) is 0 Å². The van der Waals surface area contributed by atoms with Crippen LogP contribution >= 0.6 is 0 Å². The Morgan fingerprint density at radius 1 is 1.21 bits per heavy atom. The van der Waals surface area contributed by atoms with Crippen LogP contribution in [0.3, 0.4) is 0 Å². The summed E-state index contributed by atoms with van der Waals surface area (Å²) in [5, 5.41) is 0. The van der Waals surface area contributed by atoms with Crippen molar-refractivity contribution in [1.82, 2.24) is 14.9 Å². The van der Waals surface area contributed by atoms with E-state index in [0.717, 1.165) is 56.0 Å². The number of nitrogens with zero attached hydrogens (tertiary/aromatic N) is 3. The van der Waals surface area contributed by atoms with Crippen LogP contribution in [0, 0.1) is 5.92 Å². The number of aromatic nitrogens is 2. The maximum Gasteiger partial charge on any atom is 0.410 e. The SMILES string of the molecule is CCC[C@H]1CC[C@H](N2CCCN(c3nc4c(OC(N)=O)cccc4[nH]3)CC2)CC1. The van der Waals surface area contributed by atoms with Crippen LogP contribution in [0.15, 0.2) is 18.2 Å². The molecule has 2 aromatic rings. The fourth-order valence-electron chi connectivity index (χ4n) is 5.05. The second-order valence-corrected chi connectivity index (χ2v) is 8.47. The van der Waals surface area contributed by atoms with E-state index < -0.39 is 6.09 Å². The third-order valence-corrected chi connectivity index (χ3v) is 6.53. The molecule has 1 aliphatic carbocycles. The number of aromatic amines is 1. The summed E-state index contributed by atoms with van der Waals surface area (Å²) < 4.78 is 5.10. The van der Waals surface area contributed by atoms with Crippen LogP contribution in [0.1, 0.15) is 51.9 Å². The van der Waals surface area contributed by atoms with Crippen molar-refractivity contribution < 1.29 is 9.53 Å². The summed E-state index contributed by atoms with van der Waals surface area (Å²) in [6.45, 7) is 6.48. The molecule has 0 bridgehead atoms. The molecule has 2 heterocycles. The number of carbonyl (C=O) groups excluding carboxylic acids is 1. The molecule has 2 aliphatic rings. The molecule has 7 nitrogen and oxygen atoms in total. The summed E-state index contributed by atoms with van der Waals surface area (Å²) in [6, 6.07) is 6.24. The van der Waals surface area contributed by atoms with Gasteiger partial charge in [0.05, 0.1) is 5.52 Å². The van der Waals surface area contributed by atoms with Gasteiger partial charge in [-0.3, -0.25) is 4.90 Å². The van der Waals surface area contributed by atoms with Crippen molar-refractivity contribution in [3.05, 3.63) is 18.2 Å². The van der Waals surface area contributed by atoms with Gasteiger partial charge < -0.3 is 20.4 Å². The third kappa shape index (κ3) is 4.66. The zero-order valence-electron chi connectivity index (χ0n) is 17.4. The highest BCUT2D eigenvalue weighted by atomic mass is 16.5. The second kappa shape index (κ2) is 9.03. The molecule has 1 saturated heterocycles. The predicted molar refractivity (Wildman–Crippen MR) is 115 cm³/mol. The smallest absolute Gasteiger partial charge is 0.408 e. The average molecular weight is 400 g/mol. The zero-order chi connectivity index (χ0) is 20.2. The summed E-state index contributed by atoms with van der Waals surface area (Å²) in [5.74, 6) is 2.19. The van der Waals surface area contributed by atoms with E-state index >= 15 is 0 Å². The standard InChI is InChI=1S/C22H33N5O2/c1-2-5-16-8-10-17(11-9-16)26-12-4-13-27(15-14-26)22-24-18-6-3-7-19(20(18)25-22)29-21(23)28/h3,6-7,16-17H,2,4-5,8-15H2,1H3,(H2,23,28)(H,24,25)/t16-,17-. The van der Waals surface area contributed by atoms with Gasteiger partial charge >= 0.3 is 6.09 Å². The summed E-state index contributed by atoms with van der Waals surface area (Å²) >= 11 is 0. The fraction of sp³-hybridized carbons (Fsp3) is 0.636. The van der Waals surface area contributed by atoms with Crippen LogP contribution in [0.4, 0.5) is 10.7 Å². The molecule has 2 fully saturated rings. The van der Waals surface area contributed by atoms with Crippen molar-refractivity contribution in [3.63, 3.8) is 0 Å². The molecule has 158 valence electrons. The number of H-pyrrole nitrogens is 1. The minimum Gasteiger partial charge on any atom is -0.408 e. The number of imidazole rings is 1. The van der Waals surface area contributed by atoms with Crippen molar-refractivity contribution in [3.8, 4) is 5.75 Å². The third-order valence-electron chi connectivity index (χ3n) is 6.53. The number of fused-ring (bicyclic) bond motifs is 1. The Balaban J connectivity index is 1.40. The predicted octanol–water partition coefficient (Wildman–Crippen LogP) is 3.89. The van der Waals surface area contributed by atoms with Gasteiger partial charge in [-0.2, -0.15) is 0 Å². The van der Waals surface area contributed by atoms with Gasteiger partial charge in [-0.05, 0) is 50.2 Å². The lowest BCUT2D eigenvalue weighted by molar-refractivity contribution is 0.141. The van der Waals surface area contributed by atoms with E-state index in [1.54, 1.807) is 6.07 Å². The van der Waals surface area contributed by atoms with Gasteiger partial charge in [-0.15, -0.1) is 0 Å². The van der Waals surface area contributed by atoms with Crippen molar-refractivity contribution >= 4 is 23.1 Å². The number of hydrogen-bond donors (Lipinski definition) is 2. The van der Waals surface area contributed by atoms with Gasteiger partial charge in [0, 0.05) is 32.2 Å². The maximum atomic E-state index is 11.2. The van der Waals surface area contributed by atoms with Gasteiger partial charge in [0.25, 0.3) is 0 Å². The Bertz CT molecular complexity index is 828. The van der Waals surface area contributed by atoms with E-state index in [9.17, 15) is 4.79 Å². The summed E-state index contributed by atoms with van der Waals surface area (Å²) in [5.41, 5.74) is 6.69. The molecule has 0 spiro atoms. The first-order valence-corrected chi connectivity index (χ1v) is 11.1. The molecule has 1 amide bonds. The summed E-state index contributed by atoms with van der Waals surface area (Å²) in [7, 11) is 0. The van der Waals surface area contributed by atoms with E-state index in [1.807, 2.05) is 12.1 Å². The van der Waals surface area contributed by atoms with Crippen molar-refractivity contribution in [1.29, 1.82) is 0 Å². The lowest BCUT2D eigenvalue weighted by Gasteiger charge is -2.36. The van der Waals surface area contributed by atoms with Gasteiger partial charge in [0.15, 0.2) is 5.75 Å². The number of nitrogens with two attached hydrogens (primary N) is 1. The monoisotopic (exact) mass is 399 g/mol. The van der Waals surface area contributed by atoms with Crippen LogP contribution in [-0.4, -0.2) is 53.2 Å². The zero-order valence-corrected chi connectivity index (χ0v) is 17.4. The molecule has 1 aromatic heterocycles. The van der Waals surface area contributed by atoms with Crippen molar-refractivity contribution in [2.75, 3.05) is 31.1 Å². The lowest BCUT2D eigenvalue weighted by Crippen LogP contribution is -2.40. The first kappa shape index (κ1) is 20.0. The van der Waals surface area contributed by atoms with E-state index in [4.69, 9.17) is 15.5 Å². The molecule has 0 unspecified atom stereocenters. The van der Waals surface area contributed by atoms with E-state index in [1.165, 1.54) is 38.5 Å². The molecule has 1 aromatic carbocycles. The average Bonchev–Trinajstić information content (AvgIpc) is 3.00. The normalized spacial score (nSPS) is 23.8. The lowest BCUT2D eigenvalue weighted by atomic mass is 9.83. The van der Waals surface area contributed by atoms with Gasteiger partial charge in [-0.25, -0.2) is 9.78 Å². The van der Waals surface area contributed by atoms with Gasteiger partial charge in [0.2, 0.25) is 5.95 Å². The first-order chi connectivity index (χ1) is 14.1. The van der Waals surface area contributed by atoms with Crippen LogP contribution in [0.5, 0.6) is 5.75 Å². The molecule has 29 heavy (non-hydrogen) atoms. The Hall–Kier alpha value is -2.28. The molecule has 0 radical (unpaired) electrons. The Morgan fingerprint density at radius 3 is 2.79 bits per heavy atom. The molecule has 3 N–H and O–H groups in total. The molecule has 0 atom stereocenters. The molecule has 1 saturated carbocycles. The number of primary amides is 1. The number of benzene rings is 1. The van der Waals surface area contributed by atoms with E-state index in [-0.39, 0.29) is 0 Å². The number of ether oxygens (including phenoxy) is 1. The fourth-order valence-corrected chi connectivity index (χ4v) is 5.05. The number of rotatable bonds is 5. The maximum absolute atomic E-state index is 11.2. The van der Waals surface area contributed by atoms with Gasteiger partial charge in [0.1, 0.15) is 5.52 Å². The van der Waals surface area contributed by atoms with Crippen molar-refractivity contribution in [2.24, 2.45) is 11.7 Å². The number of nitrogens with one attached hydrogen (secondary N) is 1. The number of anilines is 1. The summed E-state index contributed by atoms with van der Waals surface area (Å²) in [4.78, 5) is 24.3. The second-order valence-electron chi connectivity index (χ2n) is 8.47. The Kier molecular flexibility index (Phi) is 6.23. The molecule has 1 aliphatic heterocycles. The number of amides is 1. The number of hydrogen-bond acceptors (Lipinski definition) is 5. The van der Waals surface area contributed by atoms with Crippen molar-refractivity contribution in [2.45, 2.75) is 57.9 Å². The molecule has 4 rings (SSSR count). The van der Waals surface area contributed by atoms with E-state index in [0.29, 0.717) is 11.3 Å². The van der Waals surface area contributed by atoms with E-state index in [2.05, 4.69) is 21.7 Å². The highest BCUT2D eigenvalue weighted by molar-refractivity contribution is 5.86. The Labute approximate surface area is 172 Å². The molecular formula is C22H33N5O2. The number of carbonyl (C=O) groups is 1. The number of para-hydroxylation sites is 1. The highest BCUT2D eigenvalue weighted by Crippen LogP contribution is 2.31. The topological polar surface area (TPSA) is 87.5 Å². The van der Waals surface area contributed by atoms with Gasteiger partial charge in [-0.1, -0.05) is 25.8 Å². The van der Waals surface area contributed by atoms with Crippen LogP contribution in [0.2, 0.25) is 0 Å². The molecule has 7 heteroatoms. The van der Waals surface area contributed by atoms with Crippen LogP contribution in [0.25, 0.3) is 11.0 Å². The first-order valence-electron chi connectivity index (χ1n) is 11.1. The minimum atomic E-state index is -0.818. The quantitative estimate of drug-likeness (QED) is 0.796. The van der Waals surface area contributed by atoms with Crippen LogP contribution < -0.4 is 15.4 Å². The summed E-state index contributed by atoms with van der Waals surface area (Å²) in [6.07, 6.45) is 8.52. The highest BCUT2D eigenvalue weighted by Gasteiger charge is 2.27. The largest absolute Gasteiger partial charge is 0.410 e.